The van der Waals surface area contributed by atoms with Crippen molar-refractivity contribution < 1.29 is 4.79 Å². The van der Waals surface area contributed by atoms with Crippen molar-refractivity contribution in [2.75, 3.05) is 6.54 Å². The van der Waals surface area contributed by atoms with Crippen molar-refractivity contribution in [1.29, 1.82) is 0 Å². The molecule has 0 unspecified atom stereocenters. The van der Waals surface area contributed by atoms with Gasteiger partial charge in [0.05, 0.1) is 21.6 Å². The van der Waals surface area contributed by atoms with E-state index < -0.39 is 0 Å². The fraction of sp³-hybridized carbons (Fsp3) is 0.200. The molecule has 0 bridgehead atoms. The molecule has 0 fully saturated rings. The molecule has 7 heteroatoms. The lowest BCUT2D eigenvalue weighted by molar-refractivity contribution is 0.0741. The zero-order valence-corrected chi connectivity index (χ0v) is 17.7. The Balaban J connectivity index is 1.86. The highest BCUT2D eigenvalue weighted by atomic mass is 35.5. The molecule has 0 radical (unpaired) electrons. The van der Waals surface area contributed by atoms with Gasteiger partial charge in [0.25, 0.3) is 5.91 Å². The van der Waals surface area contributed by atoms with Crippen LogP contribution in [-0.2, 0) is 13.0 Å². The van der Waals surface area contributed by atoms with E-state index in [0.717, 1.165) is 16.9 Å². The number of hydrogen-bond acceptors (Lipinski definition) is 3. The third kappa shape index (κ3) is 5.02. The van der Waals surface area contributed by atoms with Gasteiger partial charge in [0.1, 0.15) is 5.69 Å². The highest BCUT2D eigenvalue weighted by molar-refractivity contribution is 7.11. The molecule has 0 aliphatic carbocycles. The van der Waals surface area contributed by atoms with Crippen molar-refractivity contribution in [2.24, 2.45) is 0 Å². The smallest absolute Gasteiger partial charge is 0.274 e. The summed E-state index contributed by atoms with van der Waals surface area (Å²) in [6.45, 7) is 3.07. The van der Waals surface area contributed by atoms with Crippen molar-refractivity contribution in [3.63, 3.8) is 0 Å². The Labute approximate surface area is 177 Å². The predicted molar refractivity (Wildman–Crippen MR) is 113 cm³/mol. The molecule has 140 valence electrons. The van der Waals surface area contributed by atoms with Gasteiger partial charge in [0.2, 0.25) is 0 Å². The Morgan fingerprint density at radius 3 is 2.48 bits per heavy atom. The zero-order chi connectivity index (χ0) is 19.4. The Kier molecular flexibility index (Phi) is 6.77. The predicted octanol–water partition coefficient (Wildman–Crippen LogP) is 6.30. The second-order valence-electron chi connectivity index (χ2n) is 6.06. The largest absolute Gasteiger partial charge is 0.332 e. The quantitative estimate of drug-likeness (QED) is 0.452. The van der Waals surface area contributed by atoms with E-state index in [1.165, 1.54) is 11.1 Å². The number of amides is 1. The van der Waals surface area contributed by atoms with Crippen LogP contribution in [0, 0.1) is 6.92 Å². The van der Waals surface area contributed by atoms with Crippen LogP contribution in [0.2, 0.25) is 15.1 Å². The summed E-state index contributed by atoms with van der Waals surface area (Å²) in [5, 5.41) is 0.454. The maximum Gasteiger partial charge on any atom is 0.274 e. The first kappa shape index (κ1) is 20.2. The molecule has 0 aliphatic heterocycles. The third-order valence-electron chi connectivity index (χ3n) is 4.06. The minimum atomic E-state index is -0.263. The third-order valence-corrected chi connectivity index (χ3v) is 6.29. The molecule has 1 aromatic carbocycles. The normalized spacial score (nSPS) is 10.8. The fourth-order valence-corrected chi connectivity index (χ4v) is 4.13. The van der Waals surface area contributed by atoms with Gasteiger partial charge in [0, 0.05) is 22.5 Å². The molecule has 0 spiro atoms. The van der Waals surface area contributed by atoms with Crippen LogP contribution < -0.4 is 0 Å². The van der Waals surface area contributed by atoms with E-state index in [4.69, 9.17) is 34.8 Å². The first-order valence-corrected chi connectivity index (χ1v) is 10.3. The lowest BCUT2D eigenvalue weighted by Crippen LogP contribution is -2.33. The molecule has 0 N–H and O–H groups in total. The number of rotatable bonds is 6. The lowest BCUT2D eigenvalue weighted by Gasteiger charge is -2.22. The van der Waals surface area contributed by atoms with E-state index in [1.807, 2.05) is 49.4 Å². The summed E-state index contributed by atoms with van der Waals surface area (Å²) < 4.78 is 0. The summed E-state index contributed by atoms with van der Waals surface area (Å²) in [5.74, 6) is -0.263. The molecular formula is C20H17Cl3N2OS. The van der Waals surface area contributed by atoms with E-state index in [2.05, 4.69) is 4.98 Å². The van der Waals surface area contributed by atoms with Gasteiger partial charge >= 0.3 is 0 Å². The SMILES string of the molecule is Cc1ccc(CN(CCc2ccccc2)C(=O)c2ncc(Cl)c(Cl)c2Cl)s1. The molecule has 0 aliphatic rings. The van der Waals surface area contributed by atoms with Crippen LogP contribution in [0.15, 0.2) is 48.7 Å². The molecule has 3 aromatic rings. The molecular weight excluding hydrogens is 423 g/mol. The number of carbonyl (C=O) groups is 1. The standard InChI is InChI=1S/C20H17Cl3N2OS/c1-13-7-8-15(27-13)12-25(10-9-14-5-3-2-4-6-14)20(26)19-18(23)17(22)16(21)11-24-19/h2-8,11H,9-10,12H2,1H3. The van der Waals surface area contributed by atoms with Crippen LogP contribution in [0.4, 0.5) is 0 Å². The van der Waals surface area contributed by atoms with Crippen molar-refractivity contribution in [3.8, 4) is 0 Å². The van der Waals surface area contributed by atoms with Gasteiger partial charge in [-0.1, -0.05) is 65.1 Å². The van der Waals surface area contributed by atoms with Crippen LogP contribution in [0.25, 0.3) is 0 Å². The van der Waals surface area contributed by atoms with Crippen LogP contribution in [0.5, 0.6) is 0 Å². The van der Waals surface area contributed by atoms with E-state index in [-0.39, 0.29) is 26.7 Å². The number of pyridine rings is 1. The van der Waals surface area contributed by atoms with E-state index in [1.54, 1.807) is 16.2 Å². The minimum Gasteiger partial charge on any atom is -0.332 e. The van der Waals surface area contributed by atoms with Crippen molar-refractivity contribution in [1.82, 2.24) is 9.88 Å². The highest BCUT2D eigenvalue weighted by Crippen LogP contribution is 2.32. The lowest BCUT2D eigenvalue weighted by atomic mass is 10.1. The second-order valence-corrected chi connectivity index (χ2v) is 8.59. The zero-order valence-electron chi connectivity index (χ0n) is 14.6. The topological polar surface area (TPSA) is 33.2 Å². The summed E-state index contributed by atoms with van der Waals surface area (Å²) in [4.78, 5) is 21.3. The van der Waals surface area contributed by atoms with Gasteiger partial charge in [-0.25, -0.2) is 4.98 Å². The molecule has 1 amide bonds. The summed E-state index contributed by atoms with van der Waals surface area (Å²) in [6, 6.07) is 14.1. The highest BCUT2D eigenvalue weighted by Gasteiger charge is 2.23. The molecule has 0 atom stereocenters. The Morgan fingerprint density at radius 2 is 1.81 bits per heavy atom. The molecule has 3 nitrogen and oxygen atoms in total. The van der Waals surface area contributed by atoms with Gasteiger partial charge in [-0.05, 0) is 31.0 Å². The monoisotopic (exact) mass is 438 g/mol. The van der Waals surface area contributed by atoms with Gasteiger partial charge < -0.3 is 4.90 Å². The van der Waals surface area contributed by atoms with Crippen molar-refractivity contribution in [2.45, 2.75) is 19.9 Å². The van der Waals surface area contributed by atoms with Crippen LogP contribution in [0.1, 0.15) is 25.8 Å². The van der Waals surface area contributed by atoms with E-state index in [9.17, 15) is 4.79 Å². The fourth-order valence-electron chi connectivity index (χ4n) is 2.66. The number of nitrogens with zero attached hydrogens (tertiary/aromatic N) is 2. The molecule has 0 saturated carbocycles. The van der Waals surface area contributed by atoms with Crippen LogP contribution in [0.3, 0.4) is 0 Å². The summed E-state index contributed by atoms with van der Waals surface area (Å²) in [6.07, 6.45) is 2.09. The van der Waals surface area contributed by atoms with E-state index >= 15 is 0 Å². The minimum absolute atomic E-state index is 0.0845. The number of benzene rings is 1. The Morgan fingerprint density at radius 1 is 1.07 bits per heavy atom. The molecule has 27 heavy (non-hydrogen) atoms. The van der Waals surface area contributed by atoms with Crippen molar-refractivity contribution in [3.05, 3.63) is 84.7 Å². The Hall–Kier alpha value is -1.59. The van der Waals surface area contributed by atoms with Gasteiger partial charge in [-0.3, -0.25) is 4.79 Å². The van der Waals surface area contributed by atoms with Crippen molar-refractivity contribution >= 4 is 52.0 Å². The summed E-state index contributed by atoms with van der Waals surface area (Å²) in [7, 11) is 0. The summed E-state index contributed by atoms with van der Waals surface area (Å²) in [5.41, 5.74) is 1.28. The number of halogens is 3. The average Bonchev–Trinajstić information content (AvgIpc) is 3.08. The number of aryl methyl sites for hydroxylation is 1. The Bertz CT molecular complexity index is 944. The van der Waals surface area contributed by atoms with Gasteiger partial charge in [0.15, 0.2) is 0 Å². The van der Waals surface area contributed by atoms with Gasteiger partial charge in [-0.15, -0.1) is 11.3 Å². The average molecular weight is 440 g/mol. The molecule has 2 heterocycles. The first-order valence-electron chi connectivity index (χ1n) is 8.33. The molecule has 3 rings (SSSR count). The van der Waals surface area contributed by atoms with Crippen LogP contribution >= 0.6 is 46.1 Å². The summed E-state index contributed by atoms with van der Waals surface area (Å²) >= 11 is 19.9. The number of carbonyl (C=O) groups excluding carboxylic acids is 1. The number of hydrogen-bond donors (Lipinski definition) is 0. The number of aromatic nitrogens is 1. The number of thiophene rings is 1. The first-order chi connectivity index (χ1) is 13.0. The molecule has 0 saturated heterocycles. The van der Waals surface area contributed by atoms with E-state index in [0.29, 0.717) is 13.1 Å². The maximum atomic E-state index is 13.1. The maximum absolute atomic E-state index is 13.1. The molecule has 2 aromatic heterocycles. The van der Waals surface area contributed by atoms with Gasteiger partial charge in [-0.2, -0.15) is 0 Å². The second kappa shape index (κ2) is 9.07. The van der Waals surface area contributed by atoms with Crippen LogP contribution in [-0.4, -0.2) is 22.3 Å².